The van der Waals surface area contributed by atoms with E-state index in [1.54, 1.807) is 18.3 Å². The third-order valence-corrected chi connectivity index (χ3v) is 1.41. The van der Waals surface area contributed by atoms with Crippen LogP contribution in [0.3, 0.4) is 0 Å². The summed E-state index contributed by atoms with van der Waals surface area (Å²) in [5, 5.41) is 7.46. The predicted octanol–water partition coefficient (Wildman–Crippen LogP) is 1.21. The van der Waals surface area contributed by atoms with Gasteiger partial charge in [-0.1, -0.05) is 17.7 Å². The van der Waals surface area contributed by atoms with E-state index < -0.39 is 0 Å². The van der Waals surface area contributed by atoms with E-state index in [1.165, 1.54) is 0 Å². The maximum atomic E-state index is 7.00. The zero-order valence-corrected chi connectivity index (χ0v) is 6.60. The Morgan fingerprint density at radius 1 is 1.64 bits per heavy atom. The molecule has 3 N–H and O–H groups in total. The van der Waals surface area contributed by atoms with E-state index in [9.17, 15) is 0 Å². The molecule has 0 aromatic carbocycles. The van der Waals surface area contributed by atoms with Crippen molar-refractivity contribution in [3.8, 4) is 0 Å². The van der Waals surface area contributed by atoms with E-state index in [-0.39, 0.29) is 5.84 Å². The van der Waals surface area contributed by atoms with Gasteiger partial charge in [-0.15, -0.1) is 0 Å². The Morgan fingerprint density at radius 2 is 2.36 bits per heavy atom. The van der Waals surface area contributed by atoms with Crippen molar-refractivity contribution in [2.24, 2.45) is 5.73 Å². The molecule has 4 heteroatoms. The number of nitrogens with two attached hydrogens (primary N) is 1. The molecule has 0 bridgehead atoms. The van der Waals surface area contributed by atoms with Gasteiger partial charge in [0.2, 0.25) is 0 Å². The summed E-state index contributed by atoms with van der Waals surface area (Å²) in [6.07, 6.45) is 2.05. The van der Waals surface area contributed by atoms with Crippen LogP contribution in [0, 0.1) is 5.41 Å². The van der Waals surface area contributed by atoms with E-state index in [2.05, 4.69) is 4.98 Å². The van der Waals surface area contributed by atoms with Crippen LogP contribution in [0.15, 0.2) is 18.3 Å². The van der Waals surface area contributed by atoms with Gasteiger partial charge >= 0.3 is 0 Å². The minimum Gasteiger partial charge on any atom is -0.387 e. The zero-order chi connectivity index (χ0) is 8.27. The summed E-state index contributed by atoms with van der Waals surface area (Å²) in [6.45, 7) is 0. The Balaban J connectivity index is 2.74. The van der Waals surface area contributed by atoms with Crippen molar-refractivity contribution < 1.29 is 0 Å². The molecule has 1 aromatic rings. The first kappa shape index (κ1) is 8.01. The largest absolute Gasteiger partial charge is 0.387 e. The van der Waals surface area contributed by atoms with Crippen LogP contribution in [0.5, 0.6) is 0 Å². The van der Waals surface area contributed by atoms with Crippen molar-refractivity contribution in [2.45, 2.75) is 6.42 Å². The lowest BCUT2D eigenvalue weighted by Crippen LogP contribution is -2.12. The van der Waals surface area contributed by atoms with E-state index in [1.807, 2.05) is 0 Å². The predicted molar refractivity (Wildman–Crippen MR) is 44.9 cm³/mol. The van der Waals surface area contributed by atoms with E-state index in [0.29, 0.717) is 11.6 Å². The number of pyridine rings is 1. The first-order valence-electron chi connectivity index (χ1n) is 3.12. The molecule has 0 amide bonds. The monoisotopic (exact) mass is 169 g/mol. The van der Waals surface area contributed by atoms with Crippen LogP contribution in [0.25, 0.3) is 0 Å². The summed E-state index contributed by atoms with van der Waals surface area (Å²) < 4.78 is 0. The van der Waals surface area contributed by atoms with Crippen molar-refractivity contribution in [3.05, 3.63) is 29.0 Å². The van der Waals surface area contributed by atoms with E-state index in [0.717, 1.165) is 5.56 Å². The quantitative estimate of drug-likeness (QED) is 0.397. The van der Waals surface area contributed by atoms with Crippen molar-refractivity contribution >= 4 is 17.4 Å². The minimum absolute atomic E-state index is 0.133. The SMILES string of the molecule is N=C(N)Cc1ccc(Cl)nc1. The molecular formula is C7H8ClN3. The van der Waals surface area contributed by atoms with Crippen LogP contribution in [0.4, 0.5) is 0 Å². The highest BCUT2D eigenvalue weighted by molar-refractivity contribution is 6.29. The Hall–Kier alpha value is -1.09. The van der Waals surface area contributed by atoms with Gasteiger partial charge in [0.15, 0.2) is 0 Å². The standard InChI is InChI=1S/C7H8ClN3/c8-6-2-1-5(4-11-6)3-7(9)10/h1-2,4H,3H2,(H3,9,10). The van der Waals surface area contributed by atoms with Gasteiger partial charge in [-0.25, -0.2) is 4.98 Å². The normalized spacial score (nSPS) is 9.55. The average molecular weight is 170 g/mol. The Kier molecular flexibility index (Phi) is 2.44. The summed E-state index contributed by atoms with van der Waals surface area (Å²) in [6, 6.07) is 3.48. The number of halogens is 1. The second kappa shape index (κ2) is 3.34. The molecule has 0 aliphatic heterocycles. The van der Waals surface area contributed by atoms with Gasteiger partial charge in [-0.05, 0) is 11.6 Å². The van der Waals surface area contributed by atoms with Gasteiger partial charge in [0.25, 0.3) is 0 Å². The molecule has 0 aliphatic carbocycles. The molecule has 1 rings (SSSR count). The van der Waals surface area contributed by atoms with Gasteiger partial charge in [0, 0.05) is 12.6 Å². The highest BCUT2D eigenvalue weighted by Gasteiger charge is 1.94. The highest BCUT2D eigenvalue weighted by Crippen LogP contribution is 2.05. The summed E-state index contributed by atoms with van der Waals surface area (Å²) in [5.74, 6) is 0.133. The van der Waals surface area contributed by atoms with Gasteiger partial charge < -0.3 is 5.73 Å². The minimum atomic E-state index is 0.133. The van der Waals surface area contributed by atoms with Crippen LogP contribution < -0.4 is 5.73 Å². The third-order valence-electron chi connectivity index (χ3n) is 1.18. The van der Waals surface area contributed by atoms with Gasteiger partial charge in [0.05, 0.1) is 5.84 Å². The zero-order valence-electron chi connectivity index (χ0n) is 5.84. The average Bonchev–Trinajstić information content (AvgIpc) is 1.93. The fraction of sp³-hybridized carbons (Fsp3) is 0.143. The fourth-order valence-electron chi connectivity index (χ4n) is 0.731. The number of hydrogen-bond acceptors (Lipinski definition) is 2. The lowest BCUT2D eigenvalue weighted by molar-refractivity contribution is 1.19. The lowest BCUT2D eigenvalue weighted by Gasteiger charge is -1.97. The summed E-state index contributed by atoms with van der Waals surface area (Å²) >= 11 is 5.55. The molecule has 1 aromatic heterocycles. The maximum Gasteiger partial charge on any atom is 0.129 e. The van der Waals surface area contributed by atoms with Crippen LogP contribution in [0.1, 0.15) is 5.56 Å². The van der Waals surface area contributed by atoms with Gasteiger partial charge in [0.1, 0.15) is 5.15 Å². The third kappa shape index (κ3) is 2.55. The van der Waals surface area contributed by atoms with Crippen LogP contribution >= 0.6 is 11.6 Å². The topological polar surface area (TPSA) is 62.8 Å². The molecule has 0 unspecified atom stereocenters. The highest BCUT2D eigenvalue weighted by atomic mass is 35.5. The fourth-order valence-corrected chi connectivity index (χ4v) is 0.843. The summed E-state index contributed by atoms with van der Waals surface area (Å²) in [5.41, 5.74) is 6.09. The lowest BCUT2D eigenvalue weighted by atomic mass is 10.2. The Labute approximate surface area is 69.7 Å². The molecule has 0 aliphatic rings. The smallest absolute Gasteiger partial charge is 0.129 e. The Bertz CT molecular complexity index is 255. The number of hydrogen-bond donors (Lipinski definition) is 2. The van der Waals surface area contributed by atoms with Crippen molar-refractivity contribution in [2.75, 3.05) is 0 Å². The summed E-state index contributed by atoms with van der Waals surface area (Å²) in [4.78, 5) is 3.85. The molecule has 0 fully saturated rings. The molecule has 0 saturated carbocycles. The Morgan fingerprint density at radius 3 is 2.82 bits per heavy atom. The van der Waals surface area contributed by atoms with Crippen molar-refractivity contribution in [1.82, 2.24) is 4.98 Å². The molecule has 0 saturated heterocycles. The first-order valence-corrected chi connectivity index (χ1v) is 3.49. The second-order valence-electron chi connectivity index (χ2n) is 2.19. The van der Waals surface area contributed by atoms with Crippen LogP contribution in [-0.2, 0) is 6.42 Å². The molecule has 58 valence electrons. The van der Waals surface area contributed by atoms with Crippen molar-refractivity contribution in [3.63, 3.8) is 0 Å². The molecule has 0 spiro atoms. The van der Waals surface area contributed by atoms with Crippen LogP contribution in [-0.4, -0.2) is 10.8 Å². The second-order valence-corrected chi connectivity index (χ2v) is 2.58. The number of rotatable bonds is 2. The number of amidine groups is 1. The van der Waals surface area contributed by atoms with Gasteiger partial charge in [-0.2, -0.15) is 0 Å². The number of aromatic nitrogens is 1. The molecule has 0 radical (unpaired) electrons. The first-order chi connectivity index (χ1) is 5.18. The van der Waals surface area contributed by atoms with E-state index >= 15 is 0 Å². The van der Waals surface area contributed by atoms with E-state index in [4.69, 9.17) is 22.7 Å². The maximum absolute atomic E-state index is 7.00. The number of nitrogens with one attached hydrogen (secondary N) is 1. The molecule has 11 heavy (non-hydrogen) atoms. The summed E-state index contributed by atoms with van der Waals surface area (Å²) in [7, 11) is 0. The molecular weight excluding hydrogens is 162 g/mol. The van der Waals surface area contributed by atoms with Gasteiger partial charge in [-0.3, -0.25) is 5.41 Å². The van der Waals surface area contributed by atoms with Crippen LogP contribution in [0.2, 0.25) is 5.15 Å². The molecule has 0 atom stereocenters. The molecule has 1 heterocycles. The molecule has 3 nitrogen and oxygen atoms in total. The number of nitrogens with zero attached hydrogens (tertiary/aromatic N) is 1. The van der Waals surface area contributed by atoms with Crippen molar-refractivity contribution in [1.29, 1.82) is 5.41 Å².